The number of ether oxygens (including phenoxy) is 1. The molecule has 0 aliphatic rings. The summed E-state index contributed by atoms with van der Waals surface area (Å²) in [6, 6.07) is 12.4. The number of hydrogen-bond donors (Lipinski definition) is 1. The highest BCUT2D eigenvalue weighted by Gasteiger charge is 2.07. The van der Waals surface area contributed by atoms with Gasteiger partial charge < -0.3 is 9.84 Å². The maximum atomic E-state index is 10.9. The van der Waals surface area contributed by atoms with Crippen molar-refractivity contribution in [3.8, 4) is 5.88 Å². The van der Waals surface area contributed by atoms with E-state index in [1.54, 1.807) is 0 Å². The molecule has 0 aliphatic heterocycles. The van der Waals surface area contributed by atoms with Crippen molar-refractivity contribution in [3.05, 3.63) is 64.8 Å². The number of halogens is 1. The molecule has 1 aromatic heterocycles. The first kappa shape index (κ1) is 14.1. The smallest absolute Gasteiger partial charge is 0.335 e. The molecule has 0 aliphatic carbocycles. The minimum atomic E-state index is -1.07. The molecule has 1 aromatic carbocycles. The van der Waals surface area contributed by atoms with Crippen LogP contribution >= 0.6 is 11.6 Å². The number of rotatable bonds is 5. The fourth-order valence-electron chi connectivity index (χ4n) is 1.55. The average molecular weight is 290 g/mol. The third kappa shape index (κ3) is 4.10. The molecule has 0 radical (unpaired) electrons. The largest absolute Gasteiger partial charge is 0.478 e. The van der Waals surface area contributed by atoms with Crippen LogP contribution in [0.5, 0.6) is 5.88 Å². The van der Waals surface area contributed by atoms with Gasteiger partial charge in [0.15, 0.2) is 0 Å². The van der Waals surface area contributed by atoms with Gasteiger partial charge in [-0.2, -0.15) is 0 Å². The minimum absolute atomic E-state index is 0.0482. The quantitative estimate of drug-likeness (QED) is 0.856. The lowest BCUT2D eigenvalue weighted by Gasteiger charge is -2.04. The van der Waals surface area contributed by atoms with Crippen LogP contribution in [0.4, 0.5) is 0 Å². The van der Waals surface area contributed by atoms with Crippen molar-refractivity contribution in [3.63, 3.8) is 0 Å². The zero-order valence-corrected chi connectivity index (χ0v) is 11.2. The van der Waals surface area contributed by atoms with Gasteiger partial charge in [0.25, 0.3) is 0 Å². The van der Waals surface area contributed by atoms with E-state index in [0.29, 0.717) is 0 Å². The van der Waals surface area contributed by atoms with Crippen LogP contribution in [-0.4, -0.2) is 22.7 Å². The molecule has 0 saturated heterocycles. The Labute approximate surface area is 121 Å². The van der Waals surface area contributed by atoms with Crippen LogP contribution < -0.4 is 4.74 Å². The first-order valence-corrected chi connectivity index (χ1v) is 6.28. The van der Waals surface area contributed by atoms with Gasteiger partial charge in [0.2, 0.25) is 5.88 Å². The van der Waals surface area contributed by atoms with E-state index in [1.165, 1.54) is 12.1 Å². The first-order chi connectivity index (χ1) is 9.65. The summed E-state index contributed by atoms with van der Waals surface area (Å²) in [4.78, 5) is 14.8. The zero-order chi connectivity index (χ0) is 14.4. The summed E-state index contributed by atoms with van der Waals surface area (Å²) in [5.41, 5.74) is 1.11. The minimum Gasteiger partial charge on any atom is -0.478 e. The Bertz CT molecular complexity index is 626. The highest BCUT2D eigenvalue weighted by molar-refractivity contribution is 6.29. The monoisotopic (exact) mass is 289 g/mol. The number of nitrogens with zero attached hydrogens (tertiary/aromatic N) is 1. The summed E-state index contributed by atoms with van der Waals surface area (Å²) < 4.78 is 5.35. The van der Waals surface area contributed by atoms with Crippen molar-refractivity contribution >= 4 is 23.6 Å². The van der Waals surface area contributed by atoms with Crippen molar-refractivity contribution in [2.45, 2.75) is 0 Å². The number of carboxylic acids is 1. The summed E-state index contributed by atoms with van der Waals surface area (Å²) in [7, 11) is 0. The van der Waals surface area contributed by atoms with Crippen LogP contribution in [0.25, 0.3) is 6.08 Å². The number of pyridine rings is 1. The Morgan fingerprint density at radius 3 is 2.75 bits per heavy atom. The SMILES string of the molecule is O=C(O)c1cc(Cl)nc(OC/C=C/c2ccccc2)c1. The molecule has 0 spiro atoms. The van der Waals surface area contributed by atoms with E-state index in [2.05, 4.69) is 4.98 Å². The highest BCUT2D eigenvalue weighted by Crippen LogP contribution is 2.16. The molecular formula is C15H12ClNO3. The van der Waals surface area contributed by atoms with Crippen LogP contribution in [0.2, 0.25) is 5.15 Å². The van der Waals surface area contributed by atoms with Crippen molar-refractivity contribution < 1.29 is 14.6 Å². The van der Waals surface area contributed by atoms with Crippen molar-refractivity contribution in [2.24, 2.45) is 0 Å². The second-order valence-corrected chi connectivity index (χ2v) is 4.33. The van der Waals surface area contributed by atoms with E-state index in [-0.39, 0.29) is 23.2 Å². The maximum Gasteiger partial charge on any atom is 0.335 e. The molecule has 5 heteroatoms. The number of aromatic nitrogens is 1. The van der Waals surface area contributed by atoms with Crippen LogP contribution in [0.3, 0.4) is 0 Å². The summed E-state index contributed by atoms with van der Waals surface area (Å²) in [5.74, 6) is -0.883. The summed E-state index contributed by atoms with van der Waals surface area (Å²) in [6.07, 6.45) is 3.72. The second kappa shape index (κ2) is 6.73. The fraction of sp³-hybridized carbons (Fsp3) is 0.0667. The standard InChI is InChI=1S/C15H12ClNO3/c16-13-9-12(15(18)19)10-14(17-13)20-8-4-7-11-5-2-1-3-6-11/h1-7,9-10H,8H2,(H,18,19)/b7-4+. The van der Waals surface area contributed by atoms with Crippen LogP contribution in [0, 0.1) is 0 Å². The predicted molar refractivity (Wildman–Crippen MR) is 77.2 cm³/mol. The van der Waals surface area contributed by atoms with Crippen molar-refractivity contribution in [1.82, 2.24) is 4.98 Å². The van der Waals surface area contributed by atoms with Gasteiger partial charge in [0, 0.05) is 6.07 Å². The Morgan fingerprint density at radius 1 is 1.30 bits per heavy atom. The molecule has 0 bridgehead atoms. The maximum absolute atomic E-state index is 10.9. The summed E-state index contributed by atoms with van der Waals surface area (Å²) in [6.45, 7) is 0.279. The van der Waals surface area contributed by atoms with Gasteiger partial charge in [-0.05, 0) is 17.7 Å². The Hall–Kier alpha value is -2.33. The Kier molecular flexibility index (Phi) is 4.74. The van der Waals surface area contributed by atoms with E-state index >= 15 is 0 Å². The van der Waals surface area contributed by atoms with E-state index < -0.39 is 5.97 Å². The zero-order valence-electron chi connectivity index (χ0n) is 10.5. The molecule has 2 aromatic rings. The Morgan fingerprint density at radius 2 is 2.05 bits per heavy atom. The molecule has 1 heterocycles. The van der Waals surface area contributed by atoms with E-state index in [9.17, 15) is 4.79 Å². The third-order valence-corrected chi connectivity index (χ3v) is 2.65. The van der Waals surface area contributed by atoms with Crippen molar-refractivity contribution in [2.75, 3.05) is 6.61 Å². The van der Waals surface area contributed by atoms with Crippen molar-refractivity contribution in [1.29, 1.82) is 0 Å². The highest BCUT2D eigenvalue weighted by atomic mass is 35.5. The lowest BCUT2D eigenvalue weighted by molar-refractivity contribution is 0.0696. The predicted octanol–water partition coefficient (Wildman–Crippen LogP) is 3.53. The number of aromatic carboxylic acids is 1. The van der Waals surface area contributed by atoms with Gasteiger partial charge in [-0.1, -0.05) is 48.0 Å². The average Bonchev–Trinajstić information content (AvgIpc) is 2.44. The lowest BCUT2D eigenvalue weighted by Crippen LogP contribution is -2.01. The van der Waals surface area contributed by atoms with Gasteiger partial charge in [0.05, 0.1) is 5.56 Å². The summed E-state index contributed by atoms with van der Waals surface area (Å²) >= 11 is 5.73. The lowest BCUT2D eigenvalue weighted by atomic mass is 10.2. The topological polar surface area (TPSA) is 59.4 Å². The van der Waals surface area contributed by atoms with Crippen LogP contribution in [-0.2, 0) is 0 Å². The molecule has 0 fully saturated rings. The molecule has 102 valence electrons. The number of benzene rings is 1. The molecule has 0 saturated carbocycles. The first-order valence-electron chi connectivity index (χ1n) is 5.90. The fourth-order valence-corrected chi connectivity index (χ4v) is 1.75. The van der Waals surface area contributed by atoms with Gasteiger partial charge in [-0.25, -0.2) is 9.78 Å². The number of hydrogen-bond acceptors (Lipinski definition) is 3. The molecule has 20 heavy (non-hydrogen) atoms. The molecule has 1 N–H and O–H groups in total. The van der Waals surface area contributed by atoms with Gasteiger partial charge in [-0.3, -0.25) is 0 Å². The second-order valence-electron chi connectivity index (χ2n) is 3.95. The number of carbonyl (C=O) groups is 1. The third-order valence-electron chi connectivity index (χ3n) is 2.45. The number of carboxylic acid groups (broad SMARTS) is 1. The molecule has 2 rings (SSSR count). The van der Waals surface area contributed by atoms with E-state index in [1.807, 2.05) is 42.5 Å². The normalized spacial score (nSPS) is 10.7. The molecule has 0 amide bonds. The molecular weight excluding hydrogens is 278 g/mol. The van der Waals surface area contributed by atoms with Gasteiger partial charge in [-0.15, -0.1) is 0 Å². The van der Waals surface area contributed by atoms with E-state index in [4.69, 9.17) is 21.4 Å². The van der Waals surface area contributed by atoms with Crippen LogP contribution in [0.15, 0.2) is 48.5 Å². The molecule has 4 nitrogen and oxygen atoms in total. The Balaban J connectivity index is 1.97. The molecule has 0 atom stereocenters. The van der Waals surface area contributed by atoms with E-state index in [0.717, 1.165) is 5.56 Å². The van der Waals surface area contributed by atoms with Crippen LogP contribution in [0.1, 0.15) is 15.9 Å². The van der Waals surface area contributed by atoms with Gasteiger partial charge in [0.1, 0.15) is 11.8 Å². The van der Waals surface area contributed by atoms with Gasteiger partial charge >= 0.3 is 5.97 Å². The molecule has 0 unspecified atom stereocenters. The summed E-state index contributed by atoms with van der Waals surface area (Å²) in [5, 5.41) is 8.99.